The molecule has 0 unspecified atom stereocenters. The highest BCUT2D eigenvalue weighted by Crippen LogP contribution is 2.39. The molecule has 1 aromatic heterocycles. The second-order valence-corrected chi connectivity index (χ2v) is 11.8. The van der Waals surface area contributed by atoms with Gasteiger partial charge in [0.05, 0.1) is 11.0 Å². The molecule has 0 bridgehead atoms. The third kappa shape index (κ3) is 4.24. The van der Waals surface area contributed by atoms with E-state index in [2.05, 4.69) is 180 Å². The van der Waals surface area contributed by atoms with E-state index in [1.807, 2.05) is 0 Å². The third-order valence-electron chi connectivity index (χ3n) is 9.15. The van der Waals surface area contributed by atoms with Crippen LogP contribution in [0.1, 0.15) is 0 Å². The molecule has 0 aliphatic heterocycles. The Labute approximate surface area is 262 Å². The van der Waals surface area contributed by atoms with Crippen LogP contribution in [0.3, 0.4) is 0 Å². The summed E-state index contributed by atoms with van der Waals surface area (Å²) in [7, 11) is 0. The lowest BCUT2D eigenvalue weighted by Gasteiger charge is -2.15. The summed E-state index contributed by atoms with van der Waals surface area (Å²) in [5, 5.41) is 7.57. The van der Waals surface area contributed by atoms with Crippen LogP contribution in [0.2, 0.25) is 0 Å². The smallest absolute Gasteiger partial charge is 0.0541 e. The van der Waals surface area contributed by atoms with E-state index in [1.165, 1.54) is 76.7 Å². The summed E-state index contributed by atoms with van der Waals surface area (Å²) in [6, 6.07) is 64.1. The maximum Gasteiger partial charge on any atom is 0.0541 e. The molecule has 45 heavy (non-hydrogen) atoms. The lowest BCUT2D eigenvalue weighted by atomic mass is 9.90. The van der Waals surface area contributed by atoms with Crippen molar-refractivity contribution in [2.24, 2.45) is 0 Å². The third-order valence-corrected chi connectivity index (χ3v) is 9.15. The Morgan fingerprint density at radius 3 is 1.31 bits per heavy atom. The molecule has 0 aliphatic carbocycles. The maximum atomic E-state index is 2.40. The van der Waals surface area contributed by atoms with E-state index >= 15 is 0 Å². The van der Waals surface area contributed by atoms with Crippen molar-refractivity contribution in [3.63, 3.8) is 0 Å². The van der Waals surface area contributed by atoms with Crippen LogP contribution in [0.15, 0.2) is 176 Å². The van der Waals surface area contributed by atoms with E-state index in [0.29, 0.717) is 0 Å². The van der Waals surface area contributed by atoms with Gasteiger partial charge in [-0.2, -0.15) is 0 Å². The Hall–Kier alpha value is -5.92. The topological polar surface area (TPSA) is 4.93 Å². The molecule has 0 amide bonds. The molecule has 8 aromatic carbocycles. The molecule has 1 heterocycles. The molecule has 0 saturated heterocycles. The molecule has 0 atom stereocenters. The van der Waals surface area contributed by atoms with Gasteiger partial charge in [-0.15, -0.1) is 0 Å². The van der Waals surface area contributed by atoms with Crippen LogP contribution in [0, 0.1) is 0 Å². The molecule has 0 saturated carbocycles. The van der Waals surface area contributed by atoms with Crippen molar-refractivity contribution in [3.8, 4) is 39.1 Å². The van der Waals surface area contributed by atoms with Gasteiger partial charge in [0.2, 0.25) is 0 Å². The Morgan fingerprint density at radius 1 is 0.289 bits per heavy atom. The van der Waals surface area contributed by atoms with Gasteiger partial charge in [-0.1, -0.05) is 133 Å². The highest BCUT2D eigenvalue weighted by Gasteiger charge is 2.14. The first-order valence-electron chi connectivity index (χ1n) is 15.5. The van der Waals surface area contributed by atoms with Gasteiger partial charge < -0.3 is 4.57 Å². The van der Waals surface area contributed by atoms with Crippen LogP contribution in [0.4, 0.5) is 0 Å². The standard InChI is InChI=1S/C44H29N/c1-3-18-37-30(12-1)14-10-22-39(37)34-26-33(27-35(28-34)40-23-11-15-31-13-2-4-19-38(31)40)32-16-9-17-36(29-32)45-43-24-7-5-20-41(43)42-21-6-8-25-44(42)45/h1-29H. The summed E-state index contributed by atoms with van der Waals surface area (Å²) in [6.45, 7) is 0. The van der Waals surface area contributed by atoms with Crippen LogP contribution in [0.5, 0.6) is 0 Å². The summed E-state index contributed by atoms with van der Waals surface area (Å²) < 4.78 is 2.40. The summed E-state index contributed by atoms with van der Waals surface area (Å²) in [6.07, 6.45) is 0. The summed E-state index contributed by atoms with van der Waals surface area (Å²) in [4.78, 5) is 0. The van der Waals surface area contributed by atoms with Gasteiger partial charge >= 0.3 is 0 Å². The fourth-order valence-electron chi connectivity index (χ4n) is 7.08. The van der Waals surface area contributed by atoms with Gasteiger partial charge in [-0.3, -0.25) is 0 Å². The predicted octanol–water partition coefficient (Wildman–Crippen LogP) is 12.1. The quantitative estimate of drug-likeness (QED) is 0.198. The van der Waals surface area contributed by atoms with E-state index < -0.39 is 0 Å². The van der Waals surface area contributed by atoms with E-state index in [0.717, 1.165) is 5.69 Å². The Bertz CT molecular complexity index is 2390. The number of benzene rings is 8. The van der Waals surface area contributed by atoms with Gasteiger partial charge in [0.1, 0.15) is 0 Å². The fourth-order valence-corrected chi connectivity index (χ4v) is 7.08. The van der Waals surface area contributed by atoms with Crippen LogP contribution < -0.4 is 0 Å². The molecule has 0 aliphatic rings. The van der Waals surface area contributed by atoms with Crippen molar-refractivity contribution in [1.29, 1.82) is 0 Å². The van der Waals surface area contributed by atoms with Crippen molar-refractivity contribution >= 4 is 43.4 Å². The fraction of sp³-hybridized carbons (Fsp3) is 0. The Balaban J connectivity index is 1.30. The van der Waals surface area contributed by atoms with Crippen molar-refractivity contribution in [2.75, 3.05) is 0 Å². The van der Waals surface area contributed by atoms with Gasteiger partial charge in [0.25, 0.3) is 0 Å². The van der Waals surface area contributed by atoms with Gasteiger partial charge in [-0.25, -0.2) is 0 Å². The number of para-hydroxylation sites is 2. The molecule has 0 radical (unpaired) electrons. The number of aromatic nitrogens is 1. The summed E-state index contributed by atoms with van der Waals surface area (Å²) in [5.41, 5.74) is 10.9. The van der Waals surface area contributed by atoms with Crippen LogP contribution in [-0.4, -0.2) is 4.57 Å². The lowest BCUT2D eigenvalue weighted by Crippen LogP contribution is -1.94. The van der Waals surface area contributed by atoms with Gasteiger partial charge in [-0.05, 0) is 97.4 Å². The molecule has 9 aromatic rings. The van der Waals surface area contributed by atoms with Gasteiger partial charge in [0.15, 0.2) is 0 Å². The monoisotopic (exact) mass is 571 g/mol. The minimum atomic E-state index is 1.16. The second-order valence-electron chi connectivity index (χ2n) is 11.8. The van der Waals surface area contributed by atoms with Crippen LogP contribution >= 0.6 is 0 Å². The lowest BCUT2D eigenvalue weighted by molar-refractivity contribution is 1.18. The molecular formula is C44H29N. The minimum absolute atomic E-state index is 1.16. The predicted molar refractivity (Wildman–Crippen MR) is 192 cm³/mol. The minimum Gasteiger partial charge on any atom is -0.309 e. The number of fused-ring (bicyclic) bond motifs is 5. The van der Waals surface area contributed by atoms with E-state index in [1.54, 1.807) is 0 Å². The van der Waals surface area contributed by atoms with E-state index in [-0.39, 0.29) is 0 Å². The highest BCUT2D eigenvalue weighted by atomic mass is 15.0. The normalized spacial score (nSPS) is 11.6. The average molecular weight is 572 g/mol. The second kappa shape index (κ2) is 10.4. The van der Waals surface area contributed by atoms with Crippen LogP contribution in [0.25, 0.3) is 82.4 Å². The Morgan fingerprint density at radius 2 is 0.733 bits per heavy atom. The number of rotatable bonds is 4. The molecule has 0 spiro atoms. The molecule has 1 nitrogen and oxygen atoms in total. The zero-order valence-electron chi connectivity index (χ0n) is 24.7. The first-order chi connectivity index (χ1) is 22.3. The van der Waals surface area contributed by atoms with Crippen molar-refractivity contribution in [1.82, 2.24) is 4.57 Å². The number of hydrogen-bond donors (Lipinski definition) is 0. The molecular weight excluding hydrogens is 542 g/mol. The number of hydrogen-bond acceptors (Lipinski definition) is 0. The zero-order chi connectivity index (χ0) is 29.7. The maximum absolute atomic E-state index is 2.40. The number of nitrogens with zero attached hydrogens (tertiary/aromatic N) is 1. The highest BCUT2D eigenvalue weighted by molar-refractivity contribution is 6.09. The molecule has 0 N–H and O–H groups in total. The average Bonchev–Trinajstić information content (AvgIpc) is 3.45. The largest absolute Gasteiger partial charge is 0.309 e. The van der Waals surface area contributed by atoms with E-state index in [9.17, 15) is 0 Å². The van der Waals surface area contributed by atoms with Gasteiger partial charge in [0, 0.05) is 16.5 Å². The summed E-state index contributed by atoms with van der Waals surface area (Å²) >= 11 is 0. The SMILES string of the molecule is c1cc(-c2cc(-c3cccc4ccccc34)cc(-c3cccc4ccccc34)c2)cc(-n2c3ccccc3c3ccccc32)c1. The van der Waals surface area contributed by atoms with Crippen molar-refractivity contribution in [2.45, 2.75) is 0 Å². The summed E-state index contributed by atoms with van der Waals surface area (Å²) in [5.74, 6) is 0. The first kappa shape index (κ1) is 25.6. The molecule has 0 fully saturated rings. The van der Waals surface area contributed by atoms with Crippen molar-refractivity contribution in [3.05, 3.63) is 176 Å². The zero-order valence-corrected chi connectivity index (χ0v) is 24.7. The molecule has 1 heteroatoms. The Kier molecular flexibility index (Phi) is 5.89. The van der Waals surface area contributed by atoms with E-state index in [4.69, 9.17) is 0 Å². The van der Waals surface area contributed by atoms with Crippen molar-refractivity contribution < 1.29 is 0 Å². The first-order valence-corrected chi connectivity index (χ1v) is 15.5. The molecule has 9 rings (SSSR count). The molecule has 210 valence electrons. The van der Waals surface area contributed by atoms with Crippen LogP contribution in [-0.2, 0) is 0 Å².